The molecule has 0 saturated heterocycles. The van der Waals surface area contributed by atoms with Gasteiger partial charge < -0.3 is 5.32 Å². The Bertz CT molecular complexity index is 670. The van der Waals surface area contributed by atoms with Crippen LogP contribution in [-0.2, 0) is 0 Å². The molecule has 3 aromatic heterocycles. The second kappa shape index (κ2) is 4.51. The molecule has 3 rings (SSSR count). The summed E-state index contributed by atoms with van der Waals surface area (Å²) in [4.78, 5) is 5.51. The molecule has 0 aliphatic carbocycles. The molecule has 0 fully saturated rings. The van der Waals surface area contributed by atoms with Gasteiger partial charge in [0, 0.05) is 22.8 Å². The average molecular weight is 258 g/mol. The van der Waals surface area contributed by atoms with Crippen molar-refractivity contribution in [2.45, 2.75) is 13.0 Å². The van der Waals surface area contributed by atoms with Crippen molar-refractivity contribution in [3.63, 3.8) is 0 Å². The van der Waals surface area contributed by atoms with Crippen LogP contribution in [0, 0.1) is 6.92 Å². The first-order valence-corrected chi connectivity index (χ1v) is 6.67. The maximum absolute atomic E-state index is 4.37. The molecule has 1 unspecified atom stereocenters. The molecule has 0 radical (unpaired) electrons. The topological polar surface area (TPSA) is 42.2 Å². The molecule has 3 heterocycles. The van der Waals surface area contributed by atoms with Gasteiger partial charge in [-0.2, -0.15) is 5.10 Å². The number of hydrogen-bond acceptors (Lipinski definition) is 4. The minimum atomic E-state index is 0.173. The summed E-state index contributed by atoms with van der Waals surface area (Å²) in [6.07, 6.45) is 7.38. The van der Waals surface area contributed by atoms with Crippen LogP contribution in [0.3, 0.4) is 0 Å². The Morgan fingerprint density at radius 2 is 2.28 bits per heavy atom. The van der Waals surface area contributed by atoms with Crippen molar-refractivity contribution in [1.29, 1.82) is 0 Å². The van der Waals surface area contributed by atoms with Crippen LogP contribution in [-0.4, -0.2) is 21.6 Å². The van der Waals surface area contributed by atoms with Gasteiger partial charge in [-0.15, -0.1) is 11.3 Å². The monoisotopic (exact) mass is 258 g/mol. The van der Waals surface area contributed by atoms with E-state index < -0.39 is 0 Å². The van der Waals surface area contributed by atoms with E-state index in [0.717, 1.165) is 11.1 Å². The Morgan fingerprint density at radius 3 is 3.00 bits per heavy atom. The number of aryl methyl sites for hydroxylation is 1. The summed E-state index contributed by atoms with van der Waals surface area (Å²) >= 11 is 1.77. The number of nitrogens with one attached hydrogen (secondary N) is 1. The number of thiophene rings is 1. The minimum absolute atomic E-state index is 0.173. The predicted molar refractivity (Wildman–Crippen MR) is 72.9 cm³/mol. The summed E-state index contributed by atoms with van der Waals surface area (Å²) in [6.45, 7) is 2.14. The second-order valence-corrected chi connectivity index (χ2v) is 5.14. The third kappa shape index (κ3) is 1.72. The lowest BCUT2D eigenvalue weighted by atomic mass is 10.1. The van der Waals surface area contributed by atoms with E-state index in [1.165, 1.54) is 10.4 Å². The fourth-order valence-electron chi connectivity index (χ4n) is 2.18. The number of rotatable bonds is 3. The molecule has 18 heavy (non-hydrogen) atoms. The smallest absolute Gasteiger partial charge is 0.0896 e. The first kappa shape index (κ1) is 11.4. The fraction of sp³-hybridized carbons (Fsp3) is 0.231. The van der Waals surface area contributed by atoms with Crippen molar-refractivity contribution >= 4 is 16.9 Å². The summed E-state index contributed by atoms with van der Waals surface area (Å²) < 4.78 is 1.86. The van der Waals surface area contributed by atoms with E-state index in [2.05, 4.69) is 33.8 Å². The lowest BCUT2D eigenvalue weighted by Crippen LogP contribution is -2.17. The molecule has 0 aliphatic heterocycles. The number of hydrogen-bond donors (Lipinski definition) is 1. The molecule has 1 N–H and O–H groups in total. The molecule has 0 amide bonds. The molecule has 3 aromatic rings. The summed E-state index contributed by atoms with van der Waals surface area (Å²) in [7, 11) is 1.98. The van der Waals surface area contributed by atoms with E-state index in [4.69, 9.17) is 0 Å². The lowest BCUT2D eigenvalue weighted by Gasteiger charge is -2.14. The Hall–Kier alpha value is -1.72. The van der Waals surface area contributed by atoms with Gasteiger partial charge in [0.15, 0.2) is 0 Å². The van der Waals surface area contributed by atoms with Crippen LogP contribution in [0.15, 0.2) is 36.2 Å². The highest BCUT2D eigenvalue weighted by Crippen LogP contribution is 2.30. The summed E-state index contributed by atoms with van der Waals surface area (Å²) in [5.41, 5.74) is 3.52. The molecular weight excluding hydrogens is 244 g/mol. The SMILES string of the molecule is CNC(c1sccc1C)c1cnn2ccncc12. The summed E-state index contributed by atoms with van der Waals surface area (Å²) in [5.74, 6) is 0. The van der Waals surface area contributed by atoms with Crippen LogP contribution in [0.2, 0.25) is 0 Å². The van der Waals surface area contributed by atoms with Crippen LogP contribution in [0.25, 0.3) is 5.52 Å². The molecule has 0 aromatic carbocycles. The lowest BCUT2D eigenvalue weighted by molar-refractivity contribution is 0.705. The van der Waals surface area contributed by atoms with E-state index >= 15 is 0 Å². The van der Waals surface area contributed by atoms with Gasteiger partial charge in [0.1, 0.15) is 0 Å². The molecule has 0 saturated carbocycles. The Balaban J connectivity index is 2.15. The largest absolute Gasteiger partial charge is 0.309 e. The quantitative estimate of drug-likeness (QED) is 0.784. The van der Waals surface area contributed by atoms with Crippen molar-refractivity contribution in [2.24, 2.45) is 0 Å². The zero-order valence-corrected chi connectivity index (χ0v) is 11.1. The summed E-state index contributed by atoms with van der Waals surface area (Å²) in [6, 6.07) is 2.32. The van der Waals surface area contributed by atoms with Crippen molar-refractivity contribution in [3.05, 3.63) is 52.2 Å². The fourth-order valence-corrected chi connectivity index (χ4v) is 3.24. The van der Waals surface area contributed by atoms with E-state index in [1.807, 2.05) is 30.2 Å². The standard InChI is InChI=1S/C13H14N4S/c1-9-3-6-18-13(9)12(14-2)10-7-16-17-5-4-15-8-11(10)17/h3-8,12,14H,1-2H3. The normalized spacial score (nSPS) is 13.0. The maximum Gasteiger partial charge on any atom is 0.0896 e. The molecule has 0 bridgehead atoms. The molecule has 1 atom stereocenters. The third-order valence-corrected chi connectivity index (χ3v) is 4.20. The van der Waals surface area contributed by atoms with Gasteiger partial charge in [0.2, 0.25) is 0 Å². The zero-order chi connectivity index (χ0) is 12.5. The van der Waals surface area contributed by atoms with E-state index in [1.54, 1.807) is 17.5 Å². The van der Waals surface area contributed by atoms with Gasteiger partial charge in [-0.1, -0.05) is 0 Å². The average Bonchev–Trinajstić information content (AvgIpc) is 2.99. The molecule has 5 heteroatoms. The molecule has 0 spiro atoms. The third-order valence-electron chi connectivity index (χ3n) is 3.12. The van der Waals surface area contributed by atoms with E-state index in [9.17, 15) is 0 Å². The molecule has 0 aliphatic rings. The van der Waals surface area contributed by atoms with E-state index in [-0.39, 0.29) is 6.04 Å². The van der Waals surface area contributed by atoms with Crippen LogP contribution in [0.5, 0.6) is 0 Å². The van der Waals surface area contributed by atoms with Crippen LogP contribution >= 0.6 is 11.3 Å². The number of nitrogens with zero attached hydrogens (tertiary/aromatic N) is 3. The number of fused-ring (bicyclic) bond motifs is 1. The van der Waals surface area contributed by atoms with Crippen molar-refractivity contribution in [3.8, 4) is 0 Å². The Morgan fingerprint density at radius 1 is 1.39 bits per heavy atom. The van der Waals surface area contributed by atoms with Crippen molar-refractivity contribution in [2.75, 3.05) is 7.05 Å². The van der Waals surface area contributed by atoms with Gasteiger partial charge >= 0.3 is 0 Å². The van der Waals surface area contributed by atoms with E-state index in [0.29, 0.717) is 0 Å². The molecular formula is C13H14N4S. The van der Waals surface area contributed by atoms with Crippen LogP contribution < -0.4 is 5.32 Å². The first-order valence-electron chi connectivity index (χ1n) is 5.79. The van der Waals surface area contributed by atoms with Gasteiger partial charge in [-0.3, -0.25) is 4.98 Å². The van der Waals surface area contributed by atoms with Gasteiger partial charge in [-0.05, 0) is 31.0 Å². The van der Waals surface area contributed by atoms with Gasteiger partial charge in [0.05, 0.1) is 24.0 Å². The second-order valence-electron chi connectivity index (χ2n) is 4.20. The first-order chi connectivity index (χ1) is 8.81. The Kier molecular flexibility index (Phi) is 2.85. The molecule has 92 valence electrons. The van der Waals surface area contributed by atoms with Crippen molar-refractivity contribution < 1.29 is 0 Å². The Labute approximate surface area is 109 Å². The van der Waals surface area contributed by atoms with Crippen molar-refractivity contribution in [1.82, 2.24) is 19.9 Å². The predicted octanol–water partition coefficient (Wildman–Crippen LogP) is 2.41. The maximum atomic E-state index is 4.37. The highest BCUT2D eigenvalue weighted by molar-refractivity contribution is 7.10. The minimum Gasteiger partial charge on any atom is -0.309 e. The van der Waals surface area contributed by atoms with Crippen LogP contribution in [0.4, 0.5) is 0 Å². The van der Waals surface area contributed by atoms with Crippen LogP contribution in [0.1, 0.15) is 22.0 Å². The molecule has 4 nitrogen and oxygen atoms in total. The highest BCUT2D eigenvalue weighted by Gasteiger charge is 2.19. The van der Waals surface area contributed by atoms with Gasteiger partial charge in [-0.25, -0.2) is 4.52 Å². The number of aromatic nitrogens is 3. The highest BCUT2D eigenvalue weighted by atomic mass is 32.1. The zero-order valence-electron chi connectivity index (χ0n) is 10.3. The summed E-state index contributed by atoms with van der Waals surface area (Å²) in [5, 5.41) is 9.86. The van der Waals surface area contributed by atoms with Gasteiger partial charge in [0.25, 0.3) is 0 Å².